The highest BCUT2D eigenvalue weighted by atomic mass is 35.5. The van der Waals surface area contributed by atoms with Crippen molar-refractivity contribution in [2.45, 2.75) is 6.92 Å². The molecule has 98 valence electrons. The Bertz CT molecular complexity index is 678. The number of anilines is 1. The van der Waals surface area contributed by atoms with Gasteiger partial charge in [-0.3, -0.25) is 10.1 Å². The van der Waals surface area contributed by atoms with Gasteiger partial charge in [-0.25, -0.2) is 14.4 Å². The summed E-state index contributed by atoms with van der Waals surface area (Å²) in [5, 5.41) is 11.1. The Morgan fingerprint density at radius 2 is 2.11 bits per heavy atom. The minimum atomic E-state index is -0.621. The predicted molar refractivity (Wildman–Crippen MR) is 68.2 cm³/mol. The van der Waals surface area contributed by atoms with Crippen molar-refractivity contribution in [2.24, 2.45) is 0 Å². The summed E-state index contributed by atoms with van der Waals surface area (Å²) in [4.78, 5) is 18.0. The van der Waals surface area contributed by atoms with E-state index in [9.17, 15) is 14.5 Å². The quantitative estimate of drug-likeness (QED) is 0.675. The second-order valence-corrected chi connectivity index (χ2v) is 4.15. The summed E-state index contributed by atoms with van der Waals surface area (Å²) >= 11 is 5.88. The molecule has 0 aliphatic rings. The summed E-state index contributed by atoms with van der Waals surface area (Å²) in [5.41, 5.74) is 5.50. The lowest BCUT2D eigenvalue weighted by atomic mass is 10.1. The number of rotatable bonds is 2. The molecule has 0 unspecified atom stereocenters. The van der Waals surface area contributed by atoms with Crippen molar-refractivity contribution >= 4 is 23.2 Å². The lowest BCUT2D eigenvalue weighted by molar-refractivity contribution is -0.385. The molecule has 1 aromatic carbocycles. The smallest absolute Gasteiger partial charge is 0.316 e. The van der Waals surface area contributed by atoms with Crippen LogP contribution in [-0.2, 0) is 0 Å². The summed E-state index contributed by atoms with van der Waals surface area (Å²) < 4.78 is 13.0. The van der Waals surface area contributed by atoms with Gasteiger partial charge in [-0.15, -0.1) is 0 Å². The van der Waals surface area contributed by atoms with Crippen LogP contribution in [0.3, 0.4) is 0 Å². The van der Waals surface area contributed by atoms with E-state index in [0.717, 1.165) is 12.1 Å². The molecule has 0 fully saturated rings. The van der Waals surface area contributed by atoms with Crippen LogP contribution >= 0.6 is 11.6 Å². The molecule has 8 heteroatoms. The van der Waals surface area contributed by atoms with Crippen LogP contribution in [0.25, 0.3) is 11.3 Å². The summed E-state index contributed by atoms with van der Waals surface area (Å²) in [7, 11) is 0. The third kappa shape index (κ3) is 2.45. The van der Waals surface area contributed by atoms with Crippen LogP contribution in [0.4, 0.5) is 16.0 Å². The van der Waals surface area contributed by atoms with Crippen molar-refractivity contribution in [3.05, 3.63) is 44.8 Å². The third-order valence-corrected chi connectivity index (χ3v) is 2.76. The second-order valence-electron chi connectivity index (χ2n) is 3.75. The predicted octanol–water partition coefficient (Wildman–Crippen LogP) is 2.73. The first-order valence-corrected chi connectivity index (χ1v) is 5.52. The Labute approximate surface area is 112 Å². The van der Waals surface area contributed by atoms with E-state index in [2.05, 4.69) is 9.97 Å². The van der Waals surface area contributed by atoms with Gasteiger partial charge in [0.05, 0.1) is 9.95 Å². The number of nitro groups is 1. The van der Waals surface area contributed by atoms with E-state index in [-0.39, 0.29) is 33.6 Å². The Kier molecular flexibility index (Phi) is 3.30. The van der Waals surface area contributed by atoms with Gasteiger partial charge >= 0.3 is 5.69 Å². The SMILES string of the molecule is Cc1nc(N)nc(-c2ccc(F)cc2Cl)c1[N+](=O)[O-]. The fourth-order valence-corrected chi connectivity index (χ4v) is 1.93. The second kappa shape index (κ2) is 4.77. The first kappa shape index (κ1) is 13.2. The molecule has 0 atom stereocenters. The van der Waals surface area contributed by atoms with Crippen molar-refractivity contribution in [2.75, 3.05) is 5.73 Å². The molecule has 6 nitrogen and oxygen atoms in total. The number of nitrogens with zero attached hydrogens (tertiary/aromatic N) is 3. The van der Waals surface area contributed by atoms with Crippen LogP contribution in [0, 0.1) is 22.9 Å². The summed E-state index contributed by atoms with van der Waals surface area (Å²) in [6, 6.07) is 3.50. The van der Waals surface area contributed by atoms with Gasteiger partial charge in [0.2, 0.25) is 5.95 Å². The molecule has 1 heterocycles. The molecule has 0 aliphatic heterocycles. The Balaban J connectivity index is 2.77. The number of hydrogen-bond acceptors (Lipinski definition) is 5. The van der Waals surface area contributed by atoms with E-state index < -0.39 is 10.7 Å². The van der Waals surface area contributed by atoms with E-state index in [1.165, 1.54) is 13.0 Å². The lowest BCUT2D eigenvalue weighted by Crippen LogP contribution is -2.05. The maximum atomic E-state index is 13.0. The number of nitrogen functional groups attached to an aromatic ring is 1. The topological polar surface area (TPSA) is 94.9 Å². The lowest BCUT2D eigenvalue weighted by Gasteiger charge is -2.07. The largest absolute Gasteiger partial charge is 0.368 e. The highest BCUT2D eigenvalue weighted by molar-refractivity contribution is 6.33. The third-order valence-electron chi connectivity index (χ3n) is 2.44. The zero-order valence-corrected chi connectivity index (χ0v) is 10.5. The van der Waals surface area contributed by atoms with Crippen molar-refractivity contribution in [1.29, 1.82) is 0 Å². The van der Waals surface area contributed by atoms with Crippen molar-refractivity contribution in [3.63, 3.8) is 0 Å². The fourth-order valence-electron chi connectivity index (χ4n) is 1.68. The van der Waals surface area contributed by atoms with Gasteiger partial charge in [0, 0.05) is 5.56 Å². The Morgan fingerprint density at radius 1 is 1.42 bits per heavy atom. The highest BCUT2D eigenvalue weighted by Gasteiger charge is 2.24. The zero-order valence-electron chi connectivity index (χ0n) is 9.72. The number of aromatic nitrogens is 2. The molecule has 2 rings (SSSR count). The minimum absolute atomic E-state index is 0.0144. The summed E-state index contributed by atoms with van der Waals surface area (Å²) in [6.45, 7) is 1.44. The molecule has 0 saturated carbocycles. The van der Waals surface area contributed by atoms with Crippen molar-refractivity contribution in [1.82, 2.24) is 9.97 Å². The van der Waals surface area contributed by atoms with Gasteiger partial charge in [-0.2, -0.15) is 0 Å². The standard InChI is InChI=1S/C11H8ClFN4O2/c1-5-10(17(18)19)9(16-11(14)15-5)7-3-2-6(13)4-8(7)12/h2-4H,1H3,(H2,14,15,16). The zero-order chi connectivity index (χ0) is 14.2. The van der Waals surface area contributed by atoms with Crippen LogP contribution in [-0.4, -0.2) is 14.9 Å². The molecule has 1 aromatic heterocycles. The first-order valence-electron chi connectivity index (χ1n) is 5.14. The first-order chi connectivity index (χ1) is 8.90. The van der Waals surface area contributed by atoms with Crippen molar-refractivity contribution in [3.8, 4) is 11.3 Å². The molecule has 2 aromatic rings. The number of benzene rings is 1. The average Bonchev–Trinajstić information content (AvgIpc) is 2.26. The van der Waals surface area contributed by atoms with Gasteiger partial charge in [-0.05, 0) is 25.1 Å². The summed E-state index contributed by atoms with van der Waals surface area (Å²) in [5.74, 6) is -0.659. The molecule has 2 N–H and O–H groups in total. The number of aryl methyl sites for hydroxylation is 1. The molecule has 0 aliphatic carbocycles. The molecule has 0 radical (unpaired) electrons. The van der Waals surface area contributed by atoms with E-state index in [1.807, 2.05) is 0 Å². The van der Waals surface area contributed by atoms with Crippen LogP contribution in [0.1, 0.15) is 5.69 Å². The molecule has 0 spiro atoms. The van der Waals surface area contributed by atoms with Crippen molar-refractivity contribution < 1.29 is 9.31 Å². The van der Waals surface area contributed by atoms with Gasteiger partial charge in [0.15, 0.2) is 5.69 Å². The van der Waals surface area contributed by atoms with E-state index >= 15 is 0 Å². The Morgan fingerprint density at radius 3 is 2.68 bits per heavy atom. The maximum Gasteiger partial charge on any atom is 0.316 e. The monoisotopic (exact) mass is 282 g/mol. The van der Waals surface area contributed by atoms with Crippen LogP contribution in [0.15, 0.2) is 18.2 Å². The van der Waals surface area contributed by atoms with Gasteiger partial charge < -0.3 is 5.73 Å². The molecular formula is C11H8ClFN4O2. The number of nitrogens with two attached hydrogens (primary N) is 1. The number of hydrogen-bond donors (Lipinski definition) is 1. The van der Waals surface area contributed by atoms with E-state index in [1.54, 1.807) is 0 Å². The van der Waals surface area contributed by atoms with Gasteiger partial charge in [0.1, 0.15) is 11.5 Å². The maximum absolute atomic E-state index is 13.0. The number of halogens is 2. The fraction of sp³-hybridized carbons (Fsp3) is 0.0909. The average molecular weight is 283 g/mol. The molecule has 0 bridgehead atoms. The molecule has 0 saturated heterocycles. The normalized spacial score (nSPS) is 10.5. The van der Waals surface area contributed by atoms with Crippen LogP contribution in [0.5, 0.6) is 0 Å². The van der Waals surface area contributed by atoms with Crippen LogP contribution < -0.4 is 5.73 Å². The molecule has 0 amide bonds. The molecule has 19 heavy (non-hydrogen) atoms. The van der Waals surface area contributed by atoms with Crippen LogP contribution in [0.2, 0.25) is 5.02 Å². The van der Waals surface area contributed by atoms with Gasteiger partial charge in [-0.1, -0.05) is 11.6 Å². The highest BCUT2D eigenvalue weighted by Crippen LogP contribution is 2.35. The van der Waals surface area contributed by atoms with E-state index in [0.29, 0.717) is 0 Å². The minimum Gasteiger partial charge on any atom is -0.368 e. The Hall–Kier alpha value is -2.28. The van der Waals surface area contributed by atoms with Gasteiger partial charge in [0.25, 0.3) is 0 Å². The van der Waals surface area contributed by atoms with E-state index in [4.69, 9.17) is 17.3 Å². The molecular weight excluding hydrogens is 275 g/mol. The summed E-state index contributed by atoms with van der Waals surface area (Å²) in [6.07, 6.45) is 0.